The summed E-state index contributed by atoms with van der Waals surface area (Å²) in [5.74, 6) is 1.63. The molecule has 0 saturated carbocycles. The Labute approximate surface area is 205 Å². The molecular formula is C28H31BrO4. The molecule has 4 nitrogen and oxygen atoms in total. The van der Waals surface area contributed by atoms with Gasteiger partial charge in [0.25, 0.3) is 0 Å². The van der Waals surface area contributed by atoms with Crippen LogP contribution in [0.15, 0.2) is 71.2 Å². The van der Waals surface area contributed by atoms with Crippen LogP contribution in [-0.4, -0.2) is 19.2 Å². The zero-order chi connectivity index (χ0) is 23.6. The molecule has 0 aliphatic carbocycles. The maximum absolute atomic E-state index is 12.6. The number of hydrogen-bond acceptors (Lipinski definition) is 4. The number of rotatable bonds is 11. The van der Waals surface area contributed by atoms with Gasteiger partial charge in [-0.1, -0.05) is 50.5 Å². The Bertz CT molecular complexity index is 1030. The number of halogens is 1. The molecule has 0 fully saturated rings. The molecular weight excluding hydrogens is 480 g/mol. The lowest BCUT2D eigenvalue weighted by Gasteiger charge is -2.16. The summed E-state index contributed by atoms with van der Waals surface area (Å²) in [4.78, 5) is 12.6. The van der Waals surface area contributed by atoms with Crippen LogP contribution in [0.5, 0.6) is 17.2 Å². The Morgan fingerprint density at radius 3 is 2.09 bits per heavy atom. The first-order valence-electron chi connectivity index (χ1n) is 11.4. The average molecular weight is 511 g/mol. The van der Waals surface area contributed by atoms with Gasteiger partial charge in [-0.25, -0.2) is 4.79 Å². The molecule has 0 spiro atoms. The maximum Gasteiger partial charge on any atom is 0.343 e. The van der Waals surface area contributed by atoms with E-state index in [0.717, 1.165) is 39.9 Å². The Morgan fingerprint density at radius 1 is 0.879 bits per heavy atom. The van der Waals surface area contributed by atoms with Gasteiger partial charge in [-0.3, -0.25) is 0 Å². The fraction of sp³-hybridized carbons (Fsp3) is 0.321. The molecule has 174 valence electrons. The van der Waals surface area contributed by atoms with Gasteiger partial charge < -0.3 is 14.2 Å². The quantitative estimate of drug-likeness (QED) is 0.148. The van der Waals surface area contributed by atoms with Crippen LogP contribution in [0.1, 0.15) is 56.3 Å². The lowest BCUT2D eigenvalue weighted by molar-refractivity contribution is 0.0734. The second-order valence-electron chi connectivity index (χ2n) is 8.07. The van der Waals surface area contributed by atoms with Crippen molar-refractivity contribution in [3.05, 3.63) is 76.8 Å². The van der Waals surface area contributed by atoms with E-state index in [0.29, 0.717) is 11.3 Å². The zero-order valence-electron chi connectivity index (χ0n) is 19.5. The van der Waals surface area contributed by atoms with Gasteiger partial charge in [0.15, 0.2) is 0 Å². The molecule has 0 aliphatic rings. The summed E-state index contributed by atoms with van der Waals surface area (Å²) in [6, 6.07) is 20.6. The van der Waals surface area contributed by atoms with Crippen LogP contribution < -0.4 is 14.2 Å². The first-order valence-corrected chi connectivity index (χ1v) is 12.2. The van der Waals surface area contributed by atoms with Crippen molar-refractivity contribution in [2.45, 2.75) is 52.1 Å². The standard InChI is InChI=1S/C28H31BrO4/c1-4-5-6-7-8-20(2)32-27-18-13-23(19-26(27)29)28(30)33-25-16-11-22(12-17-25)21-9-14-24(31-3)15-10-21/h9-20H,4-8H2,1-3H3. The van der Waals surface area contributed by atoms with Gasteiger partial charge in [0.05, 0.1) is 23.2 Å². The van der Waals surface area contributed by atoms with Crippen molar-refractivity contribution in [3.8, 4) is 28.4 Å². The smallest absolute Gasteiger partial charge is 0.343 e. The van der Waals surface area contributed by atoms with Gasteiger partial charge in [0, 0.05) is 0 Å². The summed E-state index contributed by atoms with van der Waals surface area (Å²) in [7, 11) is 1.65. The predicted molar refractivity (Wildman–Crippen MR) is 136 cm³/mol. The van der Waals surface area contributed by atoms with Crippen LogP contribution in [-0.2, 0) is 0 Å². The van der Waals surface area contributed by atoms with Crippen LogP contribution in [0.4, 0.5) is 0 Å². The molecule has 1 atom stereocenters. The molecule has 0 heterocycles. The molecule has 0 saturated heterocycles. The van der Waals surface area contributed by atoms with Crippen LogP contribution >= 0.6 is 15.9 Å². The highest BCUT2D eigenvalue weighted by atomic mass is 79.9. The molecule has 5 heteroatoms. The lowest BCUT2D eigenvalue weighted by atomic mass is 10.1. The summed E-state index contributed by atoms with van der Waals surface area (Å²) < 4.78 is 17.5. The predicted octanol–water partition coefficient (Wildman–Crippen LogP) is 8.08. The summed E-state index contributed by atoms with van der Waals surface area (Å²) in [5, 5.41) is 0. The normalized spacial score (nSPS) is 11.6. The Balaban J connectivity index is 1.57. The van der Waals surface area contributed by atoms with Crippen LogP contribution in [0.3, 0.4) is 0 Å². The van der Waals surface area contributed by atoms with Crippen molar-refractivity contribution in [2.24, 2.45) is 0 Å². The van der Waals surface area contributed by atoms with Gasteiger partial charge in [-0.2, -0.15) is 0 Å². The fourth-order valence-electron chi connectivity index (χ4n) is 3.52. The Morgan fingerprint density at radius 2 is 1.52 bits per heavy atom. The number of carbonyl (C=O) groups is 1. The summed E-state index contributed by atoms with van der Waals surface area (Å²) in [6.07, 6.45) is 6.02. The number of hydrogen-bond donors (Lipinski definition) is 0. The lowest BCUT2D eigenvalue weighted by Crippen LogP contribution is -2.13. The molecule has 1 unspecified atom stereocenters. The molecule has 0 bridgehead atoms. The second-order valence-corrected chi connectivity index (χ2v) is 8.92. The third kappa shape index (κ3) is 7.36. The van der Waals surface area contributed by atoms with Crippen molar-refractivity contribution in [1.29, 1.82) is 0 Å². The highest BCUT2D eigenvalue weighted by molar-refractivity contribution is 9.10. The van der Waals surface area contributed by atoms with Crippen LogP contribution in [0.2, 0.25) is 0 Å². The van der Waals surface area contributed by atoms with E-state index in [1.165, 1.54) is 19.3 Å². The van der Waals surface area contributed by atoms with Crippen molar-refractivity contribution in [1.82, 2.24) is 0 Å². The van der Waals surface area contributed by atoms with Gasteiger partial charge >= 0.3 is 5.97 Å². The molecule has 0 aromatic heterocycles. The van der Waals surface area contributed by atoms with E-state index in [4.69, 9.17) is 14.2 Å². The summed E-state index contributed by atoms with van der Waals surface area (Å²) in [6.45, 7) is 4.29. The average Bonchev–Trinajstić information content (AvgIpc) is 2.83. The van der Waals surface area contributed by atoms with Crippen molar-refractivity contribution >= 4 is 21.9 Å². The van der Waals surface area contributed by atoms with Crippen molar-refractivity contribution in [2.75, 3.05) is 7.11 Å². The van der Waals surface area contributed by atoms with E-state index in [9.17, 15) is 4.79 Å². The summed E-state index contributed by atoms with van der Waals surface area (Å²) in [5.41, 5.74) is 2.56. The first-order chi connectivity index (χ1) is 16.0. The van der Waals surface area contributed by atoms with E-state index in [1.807, 2.05) is 42.5 Å². The molecule has 0 radical (unpaired) electrons. The highest BCUT2D eigenvalue weighted by Gasteiger charge is 2.13. The Hall–Kier alpha value is -2.79. The minimum Gasteiger partial charge on any atom is -0.497 e. The number of carbonyl (C=O) groups excluding carboxylic acids is 1. The van der Waals surface area contributed by atoms with Gasteiger partial charge in [-0.05, 0) is 89.3 Å². The number of benzene rings is 3. The first kappa shape index (κ1) is 24.8. The second kappa shape index (κ2) is 12.4. The number of ether oxygens (including phenoxy) is 3. The number of esters is 1. The van der Waals surface area contributed by atoms with Gasteiger partial charge in [-0.15, -0.1) is 0 Å². The van der Waals surface area contributed by atoms with E-state index < -0.39 is 5.97 Å². The molecule has 0 N–H and O–H groups in total. The van der Waals surface area contributed by atoms with Crippen molar-refractivity contribution in [3.63, 3.8) is 0 Å². The monoisotopic (exact) mass is 510 g/mol. The largest absolute Gasteiger partial charge is 0.497 e. The van der Waals surface area contributed by atoms with Crippen molar-refractivity contribution < 1.29 is 19.0 Å². The minimum atomic E-state index is -0.410. The van der Waals surface area contributed by atoms with E-state index in [2.05, 4.69) is 29.8 Å². The molecule has 0 amide bonds. The third-order valence-corrected chi connectivity index (χ3v) is 6.07. The summed E-state index contributed by atoms with van der Waals surface area (Å²) >= 11 is 3.53. The number of methoxy groups -OCH3 is 1. The van der Waals surface area contributed by atoms with Gasteiger partial charge in [0.1, 0.15) is 17.2 Å². The number of unbranched alkanes of at least 4 members (excludes halogenated alkanes) is 3. The minimum absolute atomic E-state index is 0.125. The van der Waals surface area contributed by atoms with E-state index >= 15 is 0 Å². The van der Waals surface area contributed by atoms with E-state index in [-0.39, 0.29) is 6.10 Å². The van der Waals surface area contributed by atoms with E-state index in [1.54, 1.807) is 31.4 Å². The van der Waals surface area contributed by atoms with Crippen LogP contribution in [0, 0.1) is 0 Å². The van der Waals surface area contributed by atoms with Gasteiger partial charge in [0.2, 0.25) is 0 Å². The highest BCUT2D eigenvalue weighted by Crippen LogP contribution is 2.29. The van der Waals surface area contributed by atoms with Crippen LogP contribution in [0.25, 0.3) is 11.1 Å². The Kier molecular flexibility index (Phi) is 9.37. The zero-order valence-corrected chi connectivity index (χ0v) is 21.1. The fourth-order valence-corrected chi connectivity index (χ4v) is 3.99. The molecule has 3 aromatic carbocycles. The molecule has 3 rings (SSSR count). The topological polar surface area (TPSA) is 44.8 Å². The molecule has 3 aromatic rings. The maximum atomic E-state index is 12.6. The molecule has 33 heavy (non-hydrogen) atoms. The molecule has 0 aliphatic heterocycles. The SMILES string of the molecule is CCCCCCC(C)Oc1ccc(C(=O)Oc2ccc(-c3ccc(OC)cc3)cc2)cc1Br. The third-order valence-electron chi connectivity index (χ3n) is 5.45.